The predicted octanol–water partition coefficient (Wildman–Crippen LogP) is 4.47. The normalized spacial score (nSPS) is 10.9. The van der Waals surface area contributed by atoms with E-state index in [1.165, 1.54) is 18.5 Å². The lowest BCUT2D eigenvalue weighted by Gasteiger charge is -1.91. The summed E-state index contributed by atoms with van der Waals surface area (Å²) in [5, 5.41) is 2.15. The van der Waals surface area contributed by atoms with Crippen LogP contribution >= 0.6 is 45.5 Å². The maximum absolute atomic E-state index is 6.05. The monoisotopic (exact) mass is 308 g/mol. The molecule has 2 aromatic rings. The van der Waals surface area contributed by atoms with Gasteiger partial charge in [0.05, 0.1) is 9.72 Å². The van der Waals surface area contributed by atoms with Crippen LogP contribution in [0.3, 0.4) is 0 Å². The lowest BCUT2D eigenvalue weighted by atomic mass is 10.2. The Bertz CT molecular complexity index is 433. The minimum atomic E-state index is 0.864. The highest BCUT2D eigenvalue weighted by Gasteiger charge is 2.07. The Hall–Kier alpha value is 0.200. The first-order chi connectivity index (χ1) is 5.70. The van der Waals surface area contributed by atoms with Crippen LogP contribution in [0.25, 0.3) is 10.1 Å². The van der Waals surface area contributed by atoms with E-state index < -0.39 is 0 Å². The summed E-state index contributed by atoms with van der Waals surface area (Å²) in [6, 6.07) is 6.06. The first kappa shape index (κ1) is 8.78. The second-order valence-electron chi connectivity index (χ2n) is 2.59. The van der Waals surface area contributed by atoms with E-state index >= 15 is 0 Å². The number of fused-ring (bicyclic) bond motifs is 1. The van der Waals surface area contributed by atoms with Gasteiger partial charge in [-0.2, -0.15) is 0 Å². The van der Waals surface area contributed by atoms with Gasteiger partial charge < -0.3 is 0 Å². The molecule has 0 radical (unpaired) electrons. The molecule has 1 heterocycles. The van der Waals surface area contributed by atoms with E-state index in [9.17, 15) is 0 Å². The van der Waals surface area contributed by atoms with Gasteiger partial charge in [-0.25, -0.2) is 0 Å². The molecule has 0 bridgehead atoms. The Morgan fingerprint density at radius 2 is 2.17 bits per heavy atom. The first-order valence-electron chi connectivity index (χ1n) is 3.53. The zero-order valence-corrected chi connectivity index (χ0v) is 10.1. The Morgan fingerprint density at radius 3 is 2.83 bits per heavy atom. The van der Waals surface area contributed by atoms with Gasteiger partial charge in [0.25, 0.3) is 0 Å². The van der Waals surface area contributed by atoms with Crippen LogP contribution < -0.4 is 0 Å². The molecular weight excluding hydrogens is 303 g/mol. The Kier molecular flexibility index (Phi) is 2.31. The smallest absolute Gasteiger partial charge is 0.0584 e. The highest BCUT2D eigenvalue weighted by Crippen LogP contribution is 2.35. The van der Waals surface area contributed by atoms with Crippen LogP contribution in [-0.4, -0.2) is 0 Å². The number of hydrogen-bond acceptors (Lipinski definition) is 1. The van der Waals surface area contributed by atoms with Crippen LogP contribution in [0, 0.1) is 10.5 Å². The minimum absolute atomic E-state index is 0.864. The zero-order valence-electron chi connectivity index (χ0n) is 6.40. The van der Waals surface area contributed by atoms with E-state index in [1.54, 1.807) is 11.3 Å². The van der Waals surface area contributed by atoms with E-state index in [4.69, 9.17) is 11.6 Å². The molecular formula is C9H6ClIS. The standard InChI is InChI=1S/C9H6ClIS/c1-5-8(11)6-3-2-4-7(10)9(6)12-5/h2-4H,1H3. The van der Waals surface area contributed by atoms with E-state index in [-0.39, 0.29) is 0 Å². The van der Waals surface area contributed by atoms with Crippen molar-refractivity contribution in [3.8, 4) is 0 Å². The quantitative estimate of drug-likeness (QED) is 0.630. The van der Waals surface area contributed by atoms with Gasteiger partial charge in [-0.1, -0.05) is 23.7 Å². The van der Waals surface area contributed by atoms with Crippen LogP contribution in [0.5, 0.6) is 0 Å². The third-order valence-electron chi connectivity index (χ3n) is 1.77. The van der Waals surface area contributed by atoms with Crippen molar-refractivity contribution in [1.82, 2.24) is 0 Å². The van der Waals surface area contributed by atoms with Gasteiger partial charge in [-0.05, 0) is 35.6 Å². The maximum atomic E-state index is 6.05. The summed E-state index contributed by atoms with van der Waals surface area (Å²) in [5.41, 5.74) is 0. The summed E-state index contributed by atoms with van der Waals surface area (Å²) in [7, 11) is 0. The van der Waals surface area contributed by atoms with E-state index in [0.717, 1.165) is 5.02 Å². The van der Waals surface area contributed by atoms with Crippen molar-refractivity contribution in [2.45, 2.75) is 6.92 Å². The van der Waals surface area contributed by atoms with Crippen molar-refractivity contribution in [1.29, 1.82) is 0 Å². The number of hydrogen-bond donors (Lipinski definition) is 0. The molecule has 1 aromatic carbocycles. The highest BCUT2D eigenvalue weighted by molar-refractivity contribution is 14.1. The second-order valence-corrected chi connectivity index (χ2v) is 5.30. The van der Waals surface area contributed by atoms with Gasteiger partial charge in [0.2, 0.25) is 0 Å². The zero-order chi connectivity index (χ0) is 8.72. The third kappa shape index (κ3) is 1.26. The van der Waals surface area contributed by atoms with Gasteiger partial charge in [0, 0.05) is 13.8 Å². The summed E-state index contributed by atoms with van der Waals surface area (Å²) in [6.45, 7) is 2.13. The fourth-order valence-electron chi connectivity index (χ4n) is 1.17. The molecule has 0 aliphatic carbocycles. The highest BCUT2D eigenvalue weighted by atomic mass is 127. The van der Waals surface area contributed by atoms with Crippen LogP contribution in [-0.2, 0) is 0 Å². The predicted molar refractivity (Wildman–Crippen MR) is 64.3 cm³/mol. The molecule has 0 saturated carbocycles. The molecule has 1 aromatic heterocycles. The first-order valence-corrected chi connectivity index (χ1v) is 5.80. The van der Waals surface area contributed by atoms with E-state index in [0.29, 0.717) is 0 Å². The summed E-state index contributed by atoms with van der Waals surface area (Å²) in [6.07, 6.45) is 0. The lowest BCUT2D eigenvalue weighted by Crippen LogP contribution is -1.68. The number of rotatable bonds is 0. The Morgan fingerprint density at radius 1 is 1.42 bits per heavy atom. The largest absolute Gasteiger partial charge is 0.138 e. The van der Waals surface area contributed by atoms with E-state index in [1.807, 2.05) is 12.1 Å². The van der Waals surface area contributed by atoms with Crippen molar-refractivity contribution < 1.29 is 0 Å². The van der Waals surface area contributed by atoms with Crippen molar-refractivity contribution in [2.24, 2.45) is 0 Å². The van der Waals surface area contributed by atoms with Gasteiger partial charge >= 0.3 is 0 Å². The molecule has 0 aliphatic heterocycles. The molecule has 0 amide bonds. The summed E-state index contributed by atoms with van der Waals surface area (Å²) < 4.78 is 2.54. The van der Waals surface area contributed by atoms with Gasteiger partial charge in [-0.15, -0.1) is 11.3 Å². The Balaban J connectivity index is 2.95. The van der Waals surface area contributed by atoms with Crippen LogP contribution in [0.15, 0.2) is 18.2 Å². The number of benzene rings is 1. The molecule has 12 heavy (non-hydrogen) atoms. The lowest BCUT2D eigenvalue weighted by molar-refractivity contribution is 1.61. The number of thiophene rings is 1. The number of aryl methyl sites for hydroxylation is 1. The summed E-state index contributed by atoms with van der Waals surface area (Å²) in [5.74, 6) is 0. The maximum Gasteiger partial charge on any atom is 0.0584 e. The molecule has 0 fully saturated rings. The van der Waals surface area contributed by atoms with Gasteiger partial charge in [0.15, 0.2) is 0 Å². The molecule has 62 valence electrons. The minimum Gasteiger partial charge on any atom is -0.138 e. The molecule has 0 nitrogen and oxygen atoms in total. The molecule has 0 aliphatic rings. The second kappa shape index (κ2) is 3.16. The van der Waals surface area contributed by atoms with Crippen LogP contribution in [0.4, 0.5) is 0 Å². The summed E-state index contributed by atoms with van der Waals surface area (Å²) >= 11 is 10.2. The fourth-order valence-corrected chi connectivity index (χ4v) is 3.38. The number of halogens is 2. The van der Waals surface area contributed by atoms with Crippen molar-refractivity contribution in [3.63, 3.8) is 0 Å². The van der Waals surface area contributed by atoms with Crippen LogP contribution in [0.2, 0.25) is 5.02 Å². The van der Waals surface area contributed by atoms with Crippen molar-refractivity contribution in [2.75, 3.05) is 0 Å². The summed E-state index contributed by atoms with van der Waals surface area (Å²) in [4.78, 5) is 1.35. The molecule has 3 heteroatoms. The fraction of sp³-hybridized carbons (Fsp3) is 0.111. The van der Waals surface area contributed by atoms with Crippen LogP contribution in [0.1, 0.15) is 4.88 Å². The molecule has 0 atom stereocenters. The molecule has 2 rings (SSSR count). The average Bonchev–Trinajstić information content (AvgIpc) is 2.32. The average molecular weight is 309 g/mol. The van der Waals surface area contributed by atoms with Crippen molar-refractivity contribution in [3.05, 3.63) is 31.7 Å². The van der Waals surface area contributed by atoms with Gasteiger partial charge in [-0.3, -0.25) is 0 Å². The molecule has 0 unspecified atom stereocenters. The van der Waals surface area contributed by atoms with Crippen molar-refractivity contribution >= 4 is 55.6 Å². The Labute approximate surface area is 93.7 Å². The molecule has 0 N–H and O–H groups in total. The molecule has 0 spiro atoms. The molecule has 0 saturated heterocycles. The third-order valence-corrected chi connectivity index (χ3v) is 5.11. The van der Waals surface area contributed by atoms with Gasteiger partial charge in [0.1, 0.15) is 0 Å². The SMILES string of the molecule is Cc1sc2c(Cl)cccc2c1I. The topological polar surface area (TPSA) is 0 Å². The van der Waals surface area contributed by atoms with E-state index in [2.05, 4.69) is 35.6 Å².